The topological polar surface area (TPSA) is 72.8 Å². The third-order valence-corrected chi connectivity index (χ3v) is 5.21. The predicted octanol–water partition coefficient (Wildman–Crippen LogP) is 1.78. The van der Waals surface area contributed by atoms with Crippen molar-refractivity contribution in [2.45, 2.75) is 43.7 Å². The van der Waals surface area contributed by atoms with E-state index in [1.54, 1.807) is 13.2 Å². The van der Waals surface area contributed by atoms with Crippen LogP contribution in [-0.4, -0.2) is 54.4 Å². The molecule has 2 fully saturated rings. The predicted molar refractivity (Wildman–Crippen MR) is 97.8 cm³/mol. The van der Waals surface area contributed by atoms with Gasteiger partial charge in [0.2, 0.25) is 0 Å². The van der Waals surface area contributed by atoms with E-state index in [9.17, 15) is 5.11 Å². The molecule has 1 aromatic heterocycles. The maximum absolute atomic E-state index is 10.4. The van der Waals surface area contributed by atoms with Gasteiger partial charge < -0.3 is 20.6 Å². The molecule has 1 aliphatic heterocycles. The minimum Gasteiger partial charge on any atom is -0.388 e. The van der Waals surface area contributed by atoms with Crippen LogP contribution in [0.4, 0.5) is 5.82 Å². The van der Waals surface area contributed by atoms with Crippen molar-refractivity contribution in [2.75, 3.05) is 31.6 Å². The van der Waals surface area contributed by atoms with Crippen LogP contribution in [0, 0.1) is 0 Å². The number of pyridine rings is 1. The summed E-state index contributed by atoms with van der Waals surface area (Å²) in [6, 6.07) is 4.00. The molecular formula is C17H26ClN5O. The Morgan fingerprint density at radius 2 is 2.29 bits per heavy atom. The highest BCUT2D eigenvalue weighted by atomic mass is 35.5. The molecule has 7 heteroatoms. The SMILES string of the molecule is CN=C(NCC1(O)CCCC1)NC1CCN(c2ncccc2Cl)C1. The van der Waals surface area contributed by atoms with E-state index < -0.39 is 5.60 Å². The number of halogens is 1. The molecule has 1 saturated carbocycles. The van der Waals surface area contributed by atoms with Crippen molar-refractivity contribution in [3.63, 3.8) is 0 Å². The summed E-state index contributed by atoms with van der Waals surface area (Å²) in [4.78, 5) is 10.9. The molecule has 0 amide bonds. The van der Waals surface area contributed by atoms with Crippen molar-refractivity contribution >= 4 is 23.4 Å². The molecule has 2 aliphatic rings. The number of hydrogen-bond donors (Lipinski definition) is 3. The molecule has 3 rings (SSSR count). The molecular weight excluding hydrogens is 326 g/mol. The van der Waals surface area contributed by atoms with Gasteiger partial charge in [-0.05, 0) is 31.4 Å². The average molecular weight is 352 g/mol. The largest absolute Gasteiger partial charge is 0.388 e. The fraction of sp³-hybridized carbons (Fsp3) is 0.647. The fourth-order valence-corrected chi connectivity index (χ4v) is 3.77. The summed E-state index contributed by atoms with van der Waals surface area (Å²) < 4.78 is 0. The summed E-state index contributed by atoms with van der Waals surface area (Å²) in [5.74, 6) is 1.58. The lowest BCUT2D eigenvalue weighted by molar-refractivity contribution is 0.0521. The first-order valence-corrected chi connectivity index (χ1v) is 9.02. The fourth-order valence-electron chi connectivity index (χ4n) is 3.53. The van der Waals surface area contributed by atoms with Gasteiger partial charge in [-0.3, -0.25) is 4.99 Å². The van der Waals surface area contributed by atoms with E-state index in [1.807, 2.05) is 12.1 Å². The highest BCUT2D eigenvalue weighted by molar-refractivity contribution is 6.32. The lowest BCUT2D eigenvalue weighted by atomic mass is 10.0. The summed E-state index contributed by atoms with van der Waals surface area (Å²) in [7, 11) is 1.76. The van der Waals surface area contributed by atoms with Crippen molar-refractivity contribution in [1.29, 1.82) is 0 Å². The number of guanidine groups is 1. The van der Waals surface area contributed by atoms with Crippen LogP contribution in [0.3, 0.4) is 0 Å². The van der Waals surface area contributed by atoms with Crippen LogP contribution in [-0.2, 0) is 0 Å². The van der Waals surface area contributed by atoms with E-state index in [2.05, 4.69) is 25.5 Å². The van der Waals surface area contributed by atoms with Crippen molar-refractivity contribution in [2.24, 2.45) is 4.99 Å². The second kappa shape index (κ2) is 7.57. The molecule has 0 radical (unpaired) electrons. The normalized spacial score (nSPS) is 23.5. The maximum Gasteiger partial charge on any atom is 0.191 e. The van der Waals surface area contributed by atoms with Gasteiger partial charge in [0.05, 0.1) is 10.6 Å². The second-order valence-electron chi connectivity index (χ2n) is 6.74. The smallest absolute Gasteiger partial charge is 0.191 e. The van der Waals surface area contributed by atoms with Gasteiger partial charge in [-0.15, -0.1) is 0 Å². The number of nitrogens with zero attached hydrogens (tertiary/aromatic N) is 3. The minimum atomic E-state index is -0.583. The Balaban J connectivity index is 1.51. The first-order valence-electron chi connectivity index (χ1n) is 8.65. The summed E-state index contributed by atoms with van der Waals surface area (Å²) in [5.41, 5.74) is -0.583. The van der Waals surface area contributed by atoms with E-state index in [-0.39, 0.29) is 6.04 Å². The Morgan fingerprint density at radius 3 is 3.00 bits per heavy atom. The highest BCUT2D eigenvalue weighted by Crippen LogP contribution is 2.28. The molecule has 0 bridgehead atoms. The molecule has 1 atom stereocenters. The third kappa shape index (κ3) is 4.11. The Labute approximate surface area is 148 Å². The van der Waals surface area contributed by atoms with E-state index in [0.717, 1.165) is 57.0 Å². The zero-order valence-electron chi connectivity index (χ0n) is 14.1. The zero-order valence-corrected chi connectivity index (χ0v) is 14.9. The average Bonchev–Trinajstić information content (AvgIpc) is 3.21. The second-order valence-corrected chi connectivity index (χ2v) is 7.15. The van der Waals surface area contributed by atoms with Gasteiger partial charge in [0.1, 0.15) is 5.82 Å². The van der Waals surface area contributed by atoms with Gasteiger partial charge >= 0.3 is 0 Å². The Kier molecular flexibility index (Phi) is 5.46. The van der Waals surface area contributed by atoms with Crippen molar-refractivity contribution in [3.8, 4) is 0 Å². The number of rotatable bonds is 4. The number of aliphatic imine (C=N–C) groups is 1. The molecule has 1 aromatic rings. The lowest BCUT2D eigenvalue weighted by Gasteiger charge is -2.25. The van der Waals surface area contributed by atoms with E-state index in [1.165, 1.54) is 0 Å². The molecule has 0 spiro atoms. The van der Waals surface area contributed by atoms with Crippen molar-refractivity contribution in [1.82, 2.24) is 15.6 Å². The number of aromatic nitrogens is 1. The summed E-state index contributed by atoms with van der Waals surface area (Å²) in [6.07, 6.45) is 6.71. The van der Waals surface area contributed by atoms with Gasteiger partial charge in [0.15, 0.2) is 5.96 Å². The zero-order chi connectivity index (χ0) is 17.0. The molecule has 1 aliphatic carbocycles. The van der Waals surface area contributed by atoms with Crippen LogP contribution in [0.2, 0.25) is 5.02 Å². The van der Waals surface area contributed by atoms with E-state index in [0.29, 0.717) is 11.6 Å². The molecule has 2 heterocycles. The molecule has 24 heavy (non-hydrogen) atoms. The van der Waals surface area contributed by atoms with Crippen LogP contribution < -0.4 is 15.5 Å². The number of anilines is 1. The number of aliphatic hydroxyl groups is 1. The quantitative estimate of drug-likeness (QED) is 0.569. The highest BCUT2D eigenvalue weighted by Gasteiger charge is 2.31. The van der Waals surface area contributed by atoms with Crippen LogP contribution in [0.5, 0.6) is 0 Å². The van der Waals surface area contributed by atoms with Gasteiger partial charge in [-0.1, -0.05) is 24.4 Å². The minimum absolute atomic E-state index is 0.285. The first-order chi connectivity index (χ1) is 11.6. The molecule has 0 aromatic carbocycles. The molecule has 6 nitrogen and oxygen atoms in total. The molecule has 1 saturated heterocycles. The van der Waals surface area contributed by atoms with Crippen LogP contribution >= 0.6 is 11.6 Å². The van der Waals surface area contributed by atoms with Crippen molar-refractivity contribution < 1.29 is 5.11 Å². The molecule has 3 N–H and O–H groups in total. The van der Waals surface area contributed by atoms with Crippen LogP contribution in [0.25, 0.3) is 0 Å². The number of nitrogens with one attached hydrogen (secondary N) is 2. The lowest BCUT2D eigenvalue weighted by Crippen LogP contribution is -2.49. The molecule has 132 valence electrons. The van der Waals surface area contributed by atoms with E-state index >= 15 is 0 Å². The van der Waals surface area contributed by atoms with Gasteiger partial charge in [0, 0.05) is 38.9 Å². The Bertz CT molecular complexity index is 588. The van der Waals surface area contributed by atoms with Crippen LogP contribution in [0.15, 0.2) is 23.3 Å². The summed E-state index contributed by atoms with van der Waals surface area (Å²) in [5, 5.41) is 17.8. The maximum atomic E-state index is 10.4. The third-order valence-electron chi connectivity index (χ3n) is 4.91. The van der Waals surface area contributed by atoms with E-state index in [4.69, 9.17) is 11.6 Å². The summed E-state index contributed by atoms with van der Waals surface area (Å²) >= 11 is 6.23. The van der Waals surface area contributed by atoms with Gasteiger partial charge in [-0.2, -0.15) is 0 Å². The van der Waals surface area contributed by atoms with Gasteiger partial charge in [0.25, 0.3) is 0 Å². The molecule has 1 unspecified atom stereocenters. The summed E-state index contributed by atoms with van der Waals surface area (Å²) in [6.45, 7) is 2.30. The Morgan fingerprint density at radius 1 is 1.50 bits per heavy atom. The standard InChI is InChI=1S/C17H26ClN5O/c1-19-16(21-12-17(24)7-2-3-8-17)22-13-6-10-23(11-13)15-14(18)5-4-9-20-15/h4-5,9,13,24H,2-3,6-8,10-12H2,1H3,(H2,19,21,22). The number of hydrogen-bond acceptors (Lipinski definition) is 4. The van der Waals surface area contributed by atoms with Crippen LogP contribution in [0.1, 0.15) is 32.1 Å². The monoisotopic (exact) mass is 351 g/mol. The van der Waals surface area contributed by atoms with Crippen molar-refractivity contribution in [3.05, 3.63) is 23.4 Å². The van der Waals surface area contributed by atoms with Gasteiger partial charge in [-0.25, -0.2) is 4.98 Å². The Hall–Kier alpha value is -1.53. The first kappa shape index (κ1) is 17.3.